The van der Waals surface area contributed by atoms with Gasteiger partial charge in [-0.25, -0.2) is 4.98 Å². The molecule has 0 aliphatic carbocycles. The molecule has 20 heavy (non-hydrogen) atoms. The lowest BCUT2D eigenvalue weighted by molar-refractivity contribution is 0.0618. The number of nitrogens with zero attached hydrogens (tertiary/aromatic N) is 2. The summed E-state index contributed by atoms with van der Waals surface area (Å²) >= 11 is 1.65. The SMILES string of the molecule is O=C(NC1CN2CCC1CC2)c1ccc2sccc2n1. The highest BCUT2D eigenvalue weighted by molar-refractivity contribution is 7.17. The van der Waals surface area contributed by atoms with Crippen LogP contribution in [0.1, 0.15) is 23.3 Å². The summed E-state index contributed by atoms with van der Waals surface area (Å²) in [5.41, 5.74) is 1.45. The third kappa shape index (κ3) is 2.11. The third-order valence-corrected chi connectivity index (χ3v) is 5.38. The Labute approximate surface area is 121 Å². The zero-order chi connectivity index (χ0) is 13.5. The van der Waals surface area contributed by atoms with E-state index in [4.69, 9.17) is 0 Å². The molecule has 3 aliphatic heterocycles. The molecule has 2 aromatic heterocycles. The molecule has 5 heterocycles. The fourth-order valence-electron chi connectivity index (χ4n) is 3.35. The monoisotopic (exact) mass is 287 g/mol. The standard InChI is InChI=1S/C15H17N3OS/c19-15(12-1-2-14-11(16-12)5-8-20-14)17-13-9-18-6-3-10(13)4-7-18/h1-2,5,8,10,13H,3-4,6-7,9H2,(H,17,19). The Balaban J connectivity index is 1.52. The number of pyridine rings is 1. The maximum Gasteiger partial charge on any atom is 0.270 e. The van der Waals surface area contributed by atoms with Crippen molar-refractivity contribution in [1.29, 1.82) is 0 Å². The van der Waals surface area contributed by atoms with Gasteiger partial charge in [0.15, 0.2) is 0 Å². The van der Waals surface area contributed by atoms with Crippen molar-refractivity contribution in [2.75, 3.05) is 19.6 Å². The molecule has 0 spiro atoms. The molecule has 2 aromatic rings. The predicted molar refractivity (Wildman–Crippen MR) is 80.0 cm³/mol. The van der Waals surface area contributed by atoms with Gasteiger partial charge in [0.1, 0.15) is 5.69 Å². The van der Waals surface area contributed by atoms with E-state index in [-0.39, 0.29) is 5.91 Å². The lowest BCUT2D eigenvalue weighted by Crippen LogP contribution is -2.57. The zero-order valence-corrected chi connectivity index (χ0v) is 12.0. The highest BCUT2D eigenvalue weighted by Gasteiger charge is 2.35. The summed E-state index contributed by atoms with van der Waals surface area (Å²) in [6.45, 7) is 3.38. The molecule has 3 fully saturated rings. The highest BCUT2D eigenvalue weighted by atomic mass is 32.1. The first kappa shape index (κ1) is 12.3. The van der Waals surface area contributed by atoms with Gasteiger partial charge in [-0.2, -0.15) is 0 Å². The zero-order valence-electron chi connectivity index (χ0n) is 11.2. The molecule has 1 N–H and O–H groups in total. The van der Waals surface area contributed by atoms with Crippen molar-refractivity contribution in [2.24, 2.45) is 5.92 Å². The van der Waals surface area contributed by atoms with Crippen LogP contribution >= 0.6 is 11.3 Å². The van der Waals surface area contributed by atoms with Gasteiger partial charge >= 0.3 is 0 Å². The average molecular weight is 287 g/mol. The van der Waals surface area contributed by atoms with Crippen LogP contribution in [0.15, 0.2) is 23.6 Å². The number of hydrogen-bond acceptors (Lipinski definition) is 4. The second-order valence-corrected chi connectivity index (χ2v) is 6.67. The van der Waals surface area contributed by atoms with Gasteiger partial charge in [0.25, 0.3) is 5.91 Å². The second kappa shape index (κ2) is 4.82. The predicted octanol–water partition coefficient (Wildman–Crippen LogP) is 2.12. The summed E-state index contributed by atoms with van der Waals surface area (Å²) < 4.78 is 1.13. The number of piperidine rings is 3. The number of carbonyl (C=O) groups is 1. The average Bonchev–Trinajstić information content (AvgIpc) is 2.96. The number of hydrogen-bond donors (Lipinski definition) is 1. The summed E-state index contributed by atoms with van der Waals surface area (Å²) in [4.78, 5) is 19.3. The molecule has 1 atom stereocenters. The van der Waals surface area contributed by atoms with Crippen molar-refractivity contribution in [3.8, 4) is 0 Å². The minimum atomic E-state index is -0.0307. The highest BCUT2D eigenvalue weighted by Crippen LogP contribution is 2.27. The van der Waals surface area contributed by atoms with Crippen LogP contribution in [0.3, 0.4) is 0 Å². The molecule has 0 radical (unpaired) electrons. The maximum absolute atomic E-state index is 12.4. The van der Waals surface area contributed by atoms with Crippen LogP contribution < -0.4 is 5.32 Å². The number of amides is 1. The van der Waals surface area contributed by atoms with E-state index in [0.29, 0.717) is 17.7 Å². The van der Waals surface area contributed by atoms with Crippen molar-refractivity contribution in [3.63, 3.8) is 0 Å². The second-order valence-electron chi connectivity index (χ2n) is 5.72. The quantitative estimate of drug-likeness (QED) is 0.920. The van der Waals surface area contributed by atoms with E-state index >= 15 is 0 Å². The Bertz CT molecular complexity index is 645. The van der Waals surface area contributed by atoms with Gasteiger partial charge in [0.05, 0.1) is 10.2 Å². The largest absolute Gasteiger partial charge is 0.346 e. The van der Waals surface area contributed by atoms with Gasteiger partial charge in [-0.15, -0.1) is 11.3 Å². The number of thiophene rings is 1. The van der Waals surface area contributed by atoms with E-state index in [1.807, 2.05) is 23.6 Å². The van der Waals surface area contributed by atoms with Crippen LogP contribution in [0.4, 0.5) is 0 Å². The molecule has 1 amide bonds. The van der Waals surface area contributed by atoms with Crippen LogP contribution in [-0.4, -0.2) is 41.5 Å². The topological polar surface area (TPSA) is 45.2 Å². The summed E-state index contributed by atoms with van der Waals surface area (Å²) in [6.07, 6.45) is 2.42. The molecule has 3 saturated heterocycles. The molecule has 104 valence electrons. The Kier molecular flexibility index (Phi) is 2.97. The van der Waals surface area contributed by atoms with E-state index in [0.717, 1.165) is 16.8 Å². The number of rotatable bonds is 2. The molecule has 5 rings (SSSR count). The molecule has 0 saturated carbocycles. The summed E-state index contributed by atoms with van der Waals surface area (Å²) in [5.74, 6) is 0.616. The minimum Gasteiger partial charge on any atom is -0.346 e. The lowest BCUT2D eigenvalue weighted by Gasteiger charge is -2.44. The fourth-order valence-corrected chi connectivity index (χ4v) is 4.07. The maximum atomic E-state index is 12.4. The first-order valence-electron chi connectivity index (χ1n) is 7.17. The number of nitrogens with one attached hydrogen (secondary N) is 1. The van der Waals surface area contributed by atoms with E-state index in [1.165, 1.54) is 25.9 Å². The van der Waals surface area contributed by atoms with Crippen molar-refractivity contribution in [1.82, 2.24) is 15.2 Å². The molecule has 5 heteroatoms. The van der Waals surface area contributed by atoms with E-state index in [2.05, 4.69) is 15.2 Å². The van der Waals surface area contributed by atoms with Crippen LogP contribution in [0, 0.1) is 5.92 Å². The van der Waals surface area contributed by atoms with Crippen LogP contribution in [0.25, 0.3) is 10.2 Å². The minimum absolute atomic E-state index is 0.0307. The van der Waals surface area contributed by atoms with Gasteiger partial charge in [0, 0.05) is 12.6 Å². The molecule has 1 unspecified atom stereocenters. The molecule has 2 bridgehead atoms. The van der Waals surface area contributed by atoms with Gasteiger partial charge in [-0.05, 0) is 55.4 Å². The molecule has 3 aliphatic rings. The lowest BCUT2D eigenvalue weighted by atomic mass is 9.84. The number of fused-ring (bicyclic) bond motifs is 4. The van der Waals surface area contributed by atoms with E-state index in [1.54, 1.807) is 11.3 Å². The Morgan fingerprint density at radius 3 is 2.90 bits per heavy atom. The molecule has 4 nitrogen and oxygen atoms in total. The van der Waals surface area contributed by atoms with E-state index in [9.17, 15) is 4.79 Å². The van der Waals surface area contributed by atoms with Gasteiger partial charge < -0.3 is 10.2 Å². The Hall–Kier alpha value is -1.46. The van der Waals surface area contributed by atoms with Crippen molar-refractivity contribution < 1.29 is 4.79 Å². The molecule has 0 aromatic carbocycles. The Morgan fingerprint density at radius 2 is 2.15 bits per heavy atom. The number of carbonyl (C=O) groups excluding carboxylic acids is 1. The smallest absolute Gasteiger partial charge is 0.270 e. The van der Waals surface area contributed by atoms with Crippen LogP contribution in [0.2, 0.25) is 0 Å². The molecular weight excluding hydrogens is 270 g/mol. The van der Waals surface area contributed by atoms with Crippen LogP contribution in [0.5, 0.6) is 0 Å². The molecular formula is C15H17N3OS. The van der Waals surface area contributed by atoms with Crippen molar-refractivity contribution in [2.45, 2.75) is 18.9 Å². The van der Waals surface area contributed by atoms with Gasteiger partial charge in [-0.1, -0.05) is 0 Å². The first-order chi connectivity index (χ1) is 9.79. The fraction of sp³-hybridized carbons (Fsp3) is 0.467. The third-order valence-electron chi connectivity index (χ3n) is 4.51. The van der Waals surface area contributed by atoms with Crippen molar-refractivity contribution in [3.05, 3.63) is 29.3 Å². The van der Waals surface area contributed by atoms with Crippen LogP contribution in [-0.2, 0) is 0 Å². The summed E-state index contributed by atoms with van der Waals surface area (Å²) in [5, 5.41) is 5.19. The summed E-state index contributed by atoms with van der Waals surface area (Å²) in [7, 11) is 0. The number of aromatic nitrogens is 1. The van der Waals surface area contributed by atoms with E-state index < -0.39 is 0 Å². The van der Waals surface area contributed by atoms with Gasteiger partial charge in [-0.3, -0.25) is 4.79 Å². The van der Waals surface area contributed by atoms with Gasteiger partial charge in [0.2, 0.25) is 0 Å². The normalized spacial score (nSPS) is 28.7. The Morgan fingerprint density at radius 1 is 1.30 bits per heavy atom. The summed E-state index contributed by atoms with van der Waals surface area (Å²) in [6, 6.07) is 6.07. The first-order valence-corrected chi connectivity index (χ1v) is 8.05. The van der Waals surface area contributed by atoms with Crippen molar-refractivity contribution >= 4 is 27.5 Å².